The van der Waals surface area contributed by atoms with E-state index in [1.165, 1.54) is 27.7 Å². The van der Waals surface area contributed by atoms with Crippen LogP contribution in [-0.2, 0) is 0 Å². The number of aliphatic hydroxyl groups is 1. The number of aromatic amines is 1. The van der Waals surface area contributed by atoms with E-state index in [1.54, 1.807) is 0 Å². The van der Waals surface area contributed by atoms with Crippen molar-refractivity contribution in [1.29, 1.82) is 0 Å². The maximum atomic E-state index is 10.1. The maximum absolute atomic E-state index is 10.1. The minimum absolute atomic E-state index is 0.0813. The van der Waals surface area contributed by atoms with Crippen LogP contribution < -0.4 is 5.32 Å². The lowest BCUT2D eigenvalue weighted by atomic mass is 9.93. The number of piperidine rings is 1. The van der Waals surface area contributed by atoms with Crippen LogP contribution >= 0.6 is 0 Å². The third-order valence-corrected chi connectivity index (χ3v) is 4.12. The quantitative estimate of drug-likeness (QED) is 0.722. The van der Waals surface area contributed by atoms with E-state index >= 15 is 0 Å². The van der Waals surface area contributed by atoms with Gasteiger partial charge in [-0.25, -0.2) is 0 Å². The average Bonchev–Trinajstić information content (AvgIpc) is 2.66. The third-order valence-electron chi connectivity index (χ3n) is 4.12. The molecule has 0 amide bonds. The number of nitrogens with one attached hydrogen (secondary N) is 2. The molecule has 0 saturated carbocycles. The zero-order valence-corrected chi connectivity index (χ0v) is 11.0. The van der Waals surface area contributed by atoms with Crippen molar-refractivity contribution in [3.63, 3.8) is 0 Å². The zero-order valence-electron chi connectivity index (χ0n) is 11.0. The molecule has 96 valence electrons. The van der Waals surface area contributed by atoms with Gasteiger partial charge in [0.2, 0.25) is 0 Å². The first-order chi connectivity index (χ1) is 8.66. The summed E-state index contributed by atoms with van der Waals surface area (Å²) in [5.41, 5.74) is 4.90. The third kappa shape index (κ3) is 1.84. The number of aryl methyl sites for hydroxylation is 2. The number of hydrogen-bond donors (Lipinski definition) is 3. The van der Waals surface area contributed by atoms with Gasteiger partial charge >= 0.3 is 0 Å². The smallest absolute Gasteiger partial charge is 0.0735 e. The number of H-pyrrole nitrogens is 1. The molecule has 1 saturated heterocycles. The Bertz CT molecular complexity index is 573. The second-order valence-corrected chi connectivity index (χ2v) is 5.32. The molecule has 2 unspecified atom stereocenters. The predicted octanol–water partition coefficient (Wildman–Crippen LogP) is 2.57. The van der Waals surface area contributed by atoms with Gasteiger partial charge in [0.05, 0.1) is 12.1 Å². The Morgan fingerprint density at radius 1 is 1.28 bits per heavy atom. The van der Waals surface area contributed by atoms with E-state index < -0.39 is 0 Å². The van der Waals surface area contributed by atoms with E-state index in [0.29, 0.717) is 0 Å². The largest absolute Gasteiger partial charge is 0.391 e. The number of aromatic nitrogens is 1. The lowest BCUT2D eigenvalue weighted by molar-refractivity contribution is 0.0966. The van der Waals surface area contributed by atoms with Gasteiger partial charge in [-0.05, 0) is 56.5 Å². The number of rotatable bonds is 1. The highest BCUT2D eigenvalue weighted by Crippen LogP contribution is 2.28. The molecule has 2 aromatic rings. The SMILES string of the molecule is Cc1[nH]c2ccc(C3NCCCC3O)cc2c1C. The van der Waals surface area contributed by atoms with Crippen LogP contribution in [0.25, 0.3) is 10.9 Å². The fraction of sp³-hybridized carbons (Fsp3) is 0.467. The van der Waals surface area contributed by atoms with Crippen LogP contribution in [-0.4, -0.2) is 22.7 Å². The molecular formula is C15H20N2O. The summed E-state index contributed by atoms with van der Waals surface area (Å²) >= 11 is 0. The Labute approximate surface area is 107 Å². The fourth-order valence-corrected chi connectivity index (χ4v) is 2.88. The van der Waals surface area contributed by atoms with Crippen LogP contribution in [0.3, 0.4) is 0 Å². The number of benzene rings is 1. The van der Waals surface area contributed by atoms with Crippen molar-refractivity contribution < 1.29 is 5.11 Å². The lowest BCUT2D eigenvalue weighted by Crippen LogP contribution is -2.37. The standard InChI is InChI=1S/C15H20N2O/c1-9-10(2)17-13-6-5-11(8-12(9)13)15-14(18)4-3-7-16-15/h5-6,8,14-18H,3-4,7H2,1-2H3. The molecule has 0 radical (unpaired) electrons. The normalized spacial score (nSPS) is 24.6. The van der Waals surface area contributed by atoms with Gasteiger partial charge in [0.1, 0.15) is 0 Å². The van der Waals surface area contributed by atoms with Crippen LogP contribution in [0.15, 0.2) is 18.2 Å². The van der Waals surface area contributed by atoms with Gasteiger partial charge in [-0.15, -0.1) is 0 Å². The zero-order chi connectivity index (χ0) is 12.7. The predicted molar refractivity (Wildman–Crippen MR) is 73.8 cm³/mol. The Morgan fingerprint density at radius 2 is 2.11 bits per heavy atom. The van der Waals surface area contributed by atoms with E-state index in [4.69, 9.17) is 0 Å². The summed E-state index contributed by atoms with van der Waals surface area (Å²) in [4.78, 5) is 3.39. The highest BCUT2D eigenvalue weighted by molar-refractivity contribution is 5.85. The van der Waals surface area contributed by atoms with E-state index in [0.717, 1.165) is 19.4 Å². The lowest BCUT2D eigenvalue weighted by Gasteiger charge is -2.29. The van der Waals surface area contributed by atoms with Crippen LogP contribution in [0, 0.1) is 13.8 Å². The van der Waals surface area contributed by atoms with E-state index in [2.05, 4.69) is 42.3 Å². The van der Waals surface area contributed by atoms with E-state index in [9.17, 15) is 5.11 Å². The Balaban J connectivity index is 2.04. The minimum atomic E-state index is -0.267. The molecule has 1 aliphatic rings. The van der Waals surface area contributed by atoms with Gasteiger partial charge in [-0.2, -0.15) is 0 Å². The summed E-state index contributed by atoms with van der Waals surface area (Å²) in [7, 11) is 0. The van der Waals surface area contributed by atoms with Crippen molar-refractivity contribution in [2.45, 2.75) is 38.8 Å². The minimum Gasteiger partial charge on any atom is -0.391 e. The highest BCUT2D eigenvalue weighted by atomic mass is 16.3. The van der Waals surface area contributed by atoms with Crippen LogP contribution in [0.1, 0.15) is 35.7 Å². The molecule has 3 nitrogen and oxygen atoms in total. The molecule has 0 spiro atoms. The summed E-state index contributed by atoms with van der Waals surface area (Å²) in [5.74, 6) is 0. The first-order valence-corrected chi connectivity index (χ1v) is 6.67. The van der Waals surface area contributed by atoms with Crippen LogP contribution in [0.5, 0.6) is 0 Å². The van der Waals surface area contributed by atoms with Gasteiger partial charge < -0.3 is 15.4 Å². The van der Waals surface area contributed by atoms with Crippen molar-refractivity contribution in [2.75, 3.05) is 6.54 Å². The second kappa shape index (κ2) is 4.41. The summed E-state index contributed by atoms with van der Waals surface area (Å²) in [6.45, 7) is 5.23. The second-order valence-electron chi connectivity index (χ2n) is 5.32. The Hall–Kier alpha value is -1.32. The maximum Gasteiger partial charge on any atom is 0.0735 e. The van der Waals surface area contributed by atoms with Crippen molar-refractivity contribution >= 4 is 10.9 Å². The number of aliphatic hydroxyl groups excluding tert-OH is 1. The number of fused-ring (bicyclic) bond motifs is 1. The first-order valence-electron chi connectivity index (χ1n) is 6.67. The molecule has 1 aliphatic heterocycles. The van der Waals surface area contributed by atoms with Crippen molar-refractivity contribution in [2.24, 2.45) is 0 Å². The van der Waals surface area contributed by atoms with Gasteiger partial charge in [0.15, 0.2) is 0 Å². The van der Waals surface area contributed by atoms with Crippen LogP contribution in [0.2, 0.25) is 0 Å². The molecule has 2 heterocycles. The van der Waals surface area contributed by atoms with Gasteiger partial charge in [-0.3, -0.25) is 0 Å². The molecule has 0 aliphatic carbocycles. The highest BCUT2D eigenvalue weighted by Gasteiger charge is 2.24. The molecule has 0 bridgehead atoms. The van der Waals surface area contributed by atoms with Crippen LogP contribution in [0.4, 0.5) is 0 Å². The van der Waals surface area contributed by atoms with Crippen molar-refractivity contribution in [3.8, 4) is 0 Å². The fourth-order valence-electron chi connectivity index (χ4n) is 2.88. The summed E-state index contributed by atoms with van der Waals surface area (Å²) in [5, 5.41) is 14.8. The summed E-state index contributed by atoms with van der Waals surface area (Å²) < 4.78 is 0. The molecule has 1 aromatic carbocycles. The van der Waals surface area contributed by atoms with Gasteiger partial charge in [0, 0.05) is 16.6 Å². The molecule has 2 atom stereocenters. The van der Waals surface area contributed by atoms with E-state index in [-0.39, 0.29) is 12.1 Å². The Morgan fingerprint density at radius 3 is 2.89 bits per heavy atom. The molecule has 3 heteroatoms. The first kappa shape index (κ1) is 11.8. The molecule has 1 aromatic heterocycles. The molecule has 18 heavy (non-hydrogen) atoms. The topological polar surface area (TPSA) is 48.0 Å². The van der Waals surface area contributed by atoms with Crippen molar-refractivity contribution in [3.05, 3.63) is 35.0 Å². The molecule has 3 rings (SSSR count). The van der Waals surface area contributed by atoms with Gasteiger partial charge in [-0.1, -0.05) is 6.07 Å². The average molecular weight is 244 g/mol. The van der Waals surface area contributed by atoms with Gasteiger partial charge in [0.25, 0.3) is 0 Å². The molecular weight excluding hydrogens is 224 g/mol. The summed E-state index contributed by atoms with van der Waals surface area (Å²) in [6, 6.07) is 6.52. The Kier molecular flexibility index (Phi) is 2.88. The van der Waals surface area contributed by atoms with Crippen molar-refractivity contribution in [1.82, 2.24) is 10.3 Å². The monoisotopic (exact) mass is 244 g/mol. The molecule has 1 fully saturated rings. The summed E-state index contributed by atoms with van der Waals surface area (Å²) in [6.07, 6.45) is 1.68. The number of hydrogen-bond acceptors (Lipinski definition) is 2. The van der Waals surface area contributed by atoms with E-state index in [1.807, 2.05) is 0 Å². The molecule has 3 N–H and O–H groups in total.